The Hall–Kier alpha value is -1.40. The van der Waals surface area contributed by atoms with Crippen LogP contribution >= 0.6 is 11.8 Å². The standard InChI is InChI=1S/C14H16O2S/c1-2-3-7-10-17-13(14(15)16)11-12-8-5-4-6-9-12/h1,4-6,8-9,13H,3,7,10-11H2,(H,15,16). The molecule has 90 valence electrons. The summed E-state index contributed by atoms with van der Waals surface area (Å²) >= 11 is 1.47. The van der Waals surface area contributed by atoms with Crippen LogP contribution in [0.1, 0.15) is 18.4 Å². The highest BCUT2D eigenvalue weighted by atomic mass is 32.2. The summed E-state index contributed by atoms with van der Waals surface area (Å²) < 4.78 is 0. The minimum Gasteiger partial charge on any atom is -0.480 e. The van der Waals surface area contributed by atoms with Gasteiger partial charge in [0.1, 0.15) is 5.25 Å². The predicted molar refractivity (Wildman–Crippen MR) is 72.1 cm³/mol. The van der Waals surface area contributed by atoms with Gasteiger partial charge in [0.15, 0.2) is 0 Å². The molecule has 0 heterocycles. The molecule has 1 aromatic rings. The van der Waals surface area contributed by atoms with E-state index in [1.165, 1.54) is 11.8 Å². The Morgan fingerprint density at radius 2 is 2.12 bits per heavy atom. The van der Waals surface area contributed by atoms with Gasteiger partial charge in [-0.1, -0.05) is 30.3 Å². The smallest absolute Gasteiger partial charge is 0.316 e. The molecule has 0 aliphatic rings. The Balaban J connectivity index is 2.44. The fraction of sp³-hybridized carbons (Fsp3) is 0.357. The van der Waals surface area contributed by atoms with E-state index in [0.717, 1.165) is 17.7 Å². The molecule has 0 amide bonds. The molecule has 0 bridgehead atoms. The number of carboxylic acids is 1. The van der Waals surface area contributed by atoms with Crippen LogP contribution in [0.15, 0.2) is 30.3 Å². The molecule has 0 saturated carbocycles. The molecule has 0 spiro atoms. The fourth-order valence-electron chi connectivity index (χ4n) is 1.45. The van der Waals surface area contributed by atoms with E-state index in [0.29, 0.717) is 12.8 Å². The lowest BCUT2D eigenvalue weighted by molar-refractivity contribution is -0.136. The number of aliphatic carboxylic acids is 1. The van der Waals surface area contributed by atoms with Crippen molar-refractivity contribution in [3.63, 3.8) is 0 Å². The molecule has 1 rings (SSSR count). The van der Waals surface area contributed by atoms with Gasteiger partial charge in [-0.25, -0.2) is 0 Å². The van der Waals surface area contributed by atoms with E-state index in [2.05, 4.69) is 5.92 Å². The van der Waals surface area contributed by atoms with Gasteiger partial charge in [-0.05, 0) is 24.2 Å². The molecule has 1 unspecified atom stereocenters. The van der Waals surface area contributed by atoms with Gasteiger partial charge in [0, 0.05) is 6.42 Å². The van der Waals surface area contributed by atoms with E-state index < -0.39 is 5.97 Å². The number of hydrogen-bond donors (Lipinski definition) is 1. The minimum absolute atomic E-state index is 0.379. The third-order valence-electron chi connectivity index (χ3n) is 2.32. The predicted octanol–water partition coefficient (Wildman–Crippen LogP) is 2.83. The fourth-order valence-corrected chi connectivity index (χ4v) is 2.49. The van der Waals surface area contributed by atoms with Crippen LogP contribution in [-0.4, -0.2) is 22.1 Å². The van der Waals surface area contributed by atoms with Crippen molar-refractivity contribution < 1.29 is 9.90 Å². The van der Waals surface area contributed by atoms with Crippen LogP contribution in [-0.2, 0) is 11.2 Å². The summed E-state index contributed by atoms with van der Waals surface area (Å²) in [6, 6.07) is 9.70. The molecule has 3 heteroatoms. The minimum atomic E-state index is -0.750. The van der Waals surface area contributed by atoms with Crippen LogP contribution in [0.25, 0.3) is 0 Å². The highest BCUT2D eigenvalue weighted by Gasteiger charge is 2.17. The lowest BCUT2D eigenvalue weighted by Crippen LogP contribution is -2.19. The number of terminal acetylenes is 1. The average Bonchev–Trinajstić information content (AvgIpc) is 2.34. The molecule has 2 nitrogen and oxygen atoms in total. The second-order valence-corrected chi connectivity index (χ2v) is 5.01. The summed E-state index contributed by atoms with van der Waals surface area (Å²) in [5.41, 5.74) is 1.06. The van der Waals surface area contributed by atoms with Crippen molar-refractivity contribution in [1.29, 1.82) is 0 Å². The van der Waals surface area contributed by atoms with Crippen molar-refractivity contribution in [2.45, 2.75) is 24.5 Å². The van der Waals surface area contributed by atoms with Crippen LogP contribution < -0.4 is 0 Å². The van der Waals surface area contributed by atoms with Crippen molar-refractivity contribution in [3.05, 3.63) is 35.9 Å². The first kappa shape index (κ1) is 13.7. The Morgan fingerprint density at radius 3 is 2.71 bits per heavy atom. The number of carboxylic acid groups (broad SMARTS) is 1. The molecule has 0 aliphatic carbocycles. The summed E-state index contributed by atoms with van der Waals surface area (Å²) in [6.45, 7) is 0. The van der Waals surface area contributed by atoms with E-state index >= 15 is 0 Å². The zero-order chi connectivity index (χ0) is 12.5. The van der Waals surface area contributed by atoms with Crippen LogP contribution in [0.2, 0.25) is 0 Å². The van der Waals surface area contributed by atoms with Crippen LogP contribution in [0.5, 0.6) is 0 Å². The summed E-state index contributed by atoms with van der Waals surface area (Å²) in [7, 11) is 0. The number of rotatable bonds is 7. The third-order valence-corrected chi connectivity index (χ3v) is 3.62. The van der Waals surface area contributed by atoms with E-state index in [9.17, 15) is 4.79 Å². The number of thioether (sulfide) groups is 1. The Labute approximate surface area is 106 Å². The van der Waals surface area contributed by atoms with Gasteiger partial charge >= 0.3 is 5.97 Å². The monoisotopic (exact) mass is 248 g/mol. The van der Waals surface area contributed by atoms with Gasteiger partial charge in [-0.15, -0.1) is 24.1 Å². The number of unbranched alkanes of at least 4 members (excludes halogenated alkanes) is 1. The maximum atomic E-state index is 11.1. The summed E-state index contributed by atoms with van der Waals surface area (Å²) in [6.07, 6.45) is 7.31. The second kappa shape index (κ2) is 7.81. The van der Waals surface area contributed by atoms with Crippen molar-refractivity contribution in [3.8, 4) is 12.3 Å². The van der Waals surface area contributed by atoms with Crippen molar-refractivity contribution in [1.82, 2.24) is 0 Å². The number of carbonyl (C=O) groups is 1. The molecule has 0 saturated heterocycles. The van der Waals surface area contributed by atoms with Gasteiger partial charge in [0.2, 0.25) is 0 Å². The first-order valence-electron chi connectivity index (χ1n) is 5.56. The van der Waals surface area contributed by atoms with Gasteiger partial charge in [-0.2, -0.15) is 0 Å². The Kier molecular flexibility index (Phi) is 6.27. The SMILES string of the molecule is C#CCCCSC(Cc1ccccc1)C(=O)O. The molecule has 0 aromatic heterocycles. The molecule has 1 atom stereocenters. The topological polar surface area (TPSA) is 37.3 Å². The largest absolute Gasteiger partial charge is 0.480 e. The van der Waals surface area contributed by atoms with Crippen LogP contribution in [0.3, 0.4) is 0 Å². The molecule has 0 radical (unpaired) electrons. The van der Waals surface area contributed by atoms with Gasteiger partial charge < -0.3 is 5.11 Å². The second-order valence-electron chi connectivity index (χ2n) is 3.70. The highest BCUT2D eigenvalue weighted by molar-refractivity contribution is 8.00. The molecule has 17 heavy (non-hydrogen) atoms. The summed E-state index contributed by atoms with van der Waals surface area (Å²) in [5.74, 6) is 2.61. The highest BCUT2D eigenvalue weighted by Crippen LogP contribution is 2.18. The molecular weight excluding hydrogens is 232 g/mol. The molecule has 0 fully saturated rings. The molecular formula is C14H16O2S. The normalized spacial score (nSPS) is 11.7. The van der Waals surface area contributed by atoms with E-state index in [4.69, 9.17) is 11.5 Å². The molecule has 0 aliphatic heterocycles. The summed E-state index contributed by atoms with van der Waals surface area (Å²) in [4.78, 5) is 11.1. The maximum Gasteiger partial charge on any atom is 0.316 e. The van der Waals surface area contributed by atoms with Gasteiger partial charge in [0.25, 0.3) is 0 Å². The molecule has 1 aromatic carbocycles. The van der Waals surface area contributed by atoms with Crippen molar-refractivity contribution in [2.24, 2.45) is 0 Å². The van der Waals surface area contributed by atoms with Gasteiger partial charge in [0.05, 0.1) is 0 Å². The lowest BCUT2D eigenvalue weighted by atomic mass is 10.1. The van der Waals surface area contributed by atoms with E-state index in [1.807, 2.05) is 30.3 Å². The molecule has 1 N–H and O–H groups in total. The zero-order valence-electron chi connectivity index (χ0n) is 9.63. The van der Waals surface area contributed by atoms with Crippen LogP contribution in [0.4, 0.5) is 0 Å². The van der Waals surface area contributed by atoms with Crippen molar-refractivity contribution >= 4 is 17.7 Å². The van der Waals surface area contributed by atoms with Gasteiger partial charge in [-0.3, -0.25) is 4.79 Å². The van der Waals surface area contributed by atoms with Crippen LogP contribution in [0, 0.1) is 12.3 Å². The zero-order valence-corrected chi connectivity index (χ0v) is 10.5. The third kappa shape index (κ3) is 5.46. The first-order valence-corrected chi connectivity index (χ1v) is 6.60. The van der Waals surface area contributed by atoms with E-state index in [1.54, 1.807) is 0 Å². The Bertz CT molecular complexity index is 381. The quantitative estimate of drug-likeness (QED) is 0.595. The van der Waals surface area contributed by atoms with Crippen molar-refractivity contribution in [2.75, 3.05) is 5.75 Å². The Morgan fingerprint density at radius 1 is 1.41 bits per heavy atom. The van der Waals surface area contributed by atoms with E-state index in [-0.39, 0.29) is 5.25 Å². The average molecular weight is 248 g/mol. The first-order chi connectivity index (χ1) is 8.24. The summed E-state index contributed by atoms with van der Waals surface area (Å²) in [5, 5.41) is 8.75. The lowest BCUT2D eigenvalue weighted by Gasteiger charge is -2.11. The maximum absolute atomic E-state index is 11.1. The number of hydrogen-bond acceptors (Lipinski definition) is 2. The number of benzene rings is 1.